The predicted octanol–water partition coefficient (Wildman–Crippen LogP) is 3.33. The smallest absolute Gasteiger partial charge is 0.150 e. The van der Waals surface area contributed by atoms with Crippen molar-refractivity contribution >= 4 is 22.3 Å². The van der Waals surface area contributed by atoms with Crippen LogP contribution in [0.5, 0.6) is 0 Å². The van der Waals surface area contributed by atoms with E-state index < -0.39 is 0 Å². The number of anilines is 2. The zero-order valence-corrected chi connectivity index (χ0v) is 11.1. The van der Waals surface area contributed by atoms with Gasteiger partial charge in [-0.25, -0.2) is 4.39 Å². The summed E-state index contributed by atoms with van der Waals surface area (Å²) in [6, 6.07) is 5.56. The summed E-state index contributed by atoms with van der Waals surface area (Å²) in [4.78, 5) is 6.51. The fraction of sp³-hybridized carbons (Fsp3) is 0.400. The minimum absolute atomic E-state index is 0.260. The topological polar surface area (TPSA) is 42.1 Å². The number of nitrogen functional groups attached to an aromatic ring is 1. The Bertz CT molecular complexity index is 612. The van der Waals surface area contributed by atoms with E-state index in [1.165, 1.54) is 6.07 Å². The van der Waals surface area contributed by atoms with E-state index in [2.05, 4.69) is 16.8 Å². The molecular weight excluding hydrogens is 241 g/mol. The minimum Gasteiger partial charge on any atom is -0.398 e. The van der Waals surface area contributed by atoms with Gasteiger partial charge in [0.15, 0.2) is 5.82 Å². The predicted molar refractivity (Wildman–Crippen MR) is 76.8 cm³/mol. The van der Waals surface area contributed by atoms with E-state index in [-0.39, 0.29) is 5.82 Å². The van der Waals surface area contributed by atoms with Crippen molar-refractivity contribution in [3.05, 3.63) is 30.2 Å². The number of benzene rings is 1. The van der Waals surface area contributed by atoms with E-state index in [0.29, 0.717) is 22.9 Å². The molecule has 1 atom stereocenters. The second-order valence-corrected chi connectivity index (χ2v) is 5.09. The molecule has 3 nitrogen and oxygen atoms in total. The largest absolute Gasteiger partial charge is 0.398 e. The number of hydrogen-bond acceptors (Lipinski definition) is 3. The van der Waals surface area contributed by atoms with Crippen molar-refractivity contribution in [2.45, 2.75) is 32.2 Å². The lowest BCUT2D eigenvalue weighted by Gasteiger charge is -2.27. The van der Waals surface area contributed by atoms with Gasteiger partial charge in [-0.2, -0.15) is 0 Å². The summed E-state index contributed by atoms with van der Waals surface area (Å²) in [6.45, 7) is 3.04. The molecule has 3 rings (SSSR count). The average Bonchev–Trinajstić information content (AvgIpc) is 2.87. The first kappa shape index (κ1) is 12.2. The number of fused-ring (bicyclic) bond motifs is 1. The Labute approximate surface area is 112 Å². The van der Waals surface area contributed by atoms with Crippen LogP contribution < -0.4 is 10.6 Å². The quantitative estimate of drug-likeness (QED) is 0.841. The number of nitrogens with two attached hydrogens (primary N) is 1. The van der Waals surface area contributed by atoms with Gasteiger partial charge in [0.1, 0.15) is 5.69 Å². The van der Waals surface area contributed by atoms with E-state index in [1.54, 1.807) is 6.20 Å². The molecule has 1 fully saturated rings. The van der Waals surface area contributed by atoms with Gasteiger partial charge in [-0.05, 0) is 37.5 Å². The van der Waals surface area contributed by atoms with E-state index in [1.807, 2.05) is 12.1 Å². The van der Waals surface area contributed by atoms with E-state index in [0.717, 1.165) is 31.2 Å². The van der Waals surface area contributed by atoms with Crippen molar-refractivity contribution in [3.63, 3.8) is 0 Å². The van der Waals surface area contributed by atoms with Crippen LogP contribution in [0.4, 0.5) is 15.8 Å². The molecule has 0 saturated carbocycles. The Morgan fingerprint density at radius 2 is 2.37 bits per heavy atom. The molecule has 1 unspecified atom stereocenters. The number of aromatic nitrogens is 1. The summed E-state index contributed by atoms with van der Waals surface area (Å²) >= 11 is 0. The molecule has 1 saturated heterocycles. The molecular formula is C15H18FN3. The molecule has 1 aromatic heterocycles. The highest BCUT2D eigenvalue weighted by atomic mass is 19.1. The molecule has 1 aromatic carbocycles. The Balaban J connectivity index is 2.22. The third-order valence-electron chi connectivity index (χ3n) is 3.99. The molecule has 0 aliphatic carbocycles. The van der Waals surface area contributed by atoms with E-state index in [9.17, 15) is 4.39 Å². The van der Waals surface area contributed by atoms with Crippen molar-refractivity contribution in [2.75, 3.05) is 17.2 Å². The van der Waals surface area contributed by atoms with Crippen LogP contribution in [-0.2, 0) is 0 Å². The Kier molecular flexibility index (Phi) is 3.01. The molecule has 19 heavy (non-hydrogen) atoms. The molecule has 2 aromatic rings. The fourth-order valence-electron chi connectivity index (χ4n) is 3.05. The number of pyridine rings is 1. The SMILES string of the molecule is CCC1CCCN1c1c(F)cc(N)c2cccnc12. The van der Waals surface area contributed by atoms with Crippen LogP contribution in [-0.4, -0.2) is 17.6 Å². The highest BCUT2D eigenvalue weighted by molar-refractivity contribution is 5.99. The molecule has 0 radical (unpaired) electrons. The number of halogens is 1. The molecule has 4 heteroatoms. The summed E-state index contributed by atoms with van der Waals surface area (Å²) in [7, 11) is 0. The Hall–Kier alpha value is -1.84. The summed E-state index contributed by atoms with van der Waals surface area (Å²) in [6.07, 6.45) is 4.95. The van der Waals surface area contributed by atoms with Crippen molar-refractivity contribution in [1.29, 1.82) is 0 Å². The lowest BCUT2D eigenvalue weighted by molar-refractivity contribution is 0.599. The third kappa shape index (κ3) is 1.91. The fourth-order valence-corrected chi connectivity index (χ4v) is 3.05. The van der Waals surface area contributed by atoms with Gasteiger partial charge in [-0.3, -0.25) is 4.98 Å². The van der Waals surface area contributed by atoms with Gasteiger partial charge in [-0.15, -0.1) is 0 Å². The van der Waals surface area contributed by atoms with Gasteiger partial charge >= 0.3 is 0 Å². The molecule has 1 aliphatic heterocycles. The maximum atomic E-state index is 14.4. The first-order chi connectivity index (χ1) is 9.22. The maximum absolute atomic E-state index is 14.4. The third-order valence-corrected chi connectivity index (χ3v) is 3.99. The highest BCUT2D eigenvalue weighted by Crippen LogP contribution is 2.36. The van der Waals surface area contributed by atoms with Gasteiger partial charge in [0.2, 0.25) is 0 Å². The lowest BCUT2D eigenvalue weighted by atomic mass is 10.1. The lowest BCUT2D eigenvalue weighted by Crippen LogP contribution is -2.29. The summed E-state index contributed by atoms with van der Waals surface area (Å²) in [5.74, 6) is -0.260. The normalized spacial score (nSPS) is 19.3. The molecule has 0 bridgehead atoms. The van der Waals surface area contributed by atoms with Crippen molar-refractivity contribution in [3.8, 4) is 0 Å². The van der Waals surface area contributed by atoms with Crippen LogP contribution in [0.3, 0.4) is 0 Å². The second kappa shape index (κ2) is 4.68. The van der Waals surface area contributed by atoms with Crippen molar-refractivity contribution < 1.29 is 4.39 Å². The zero-order chi connectivity index (χ0) is 13.4. The molecule has 0 spiro atoms. The van der Waals surface area contributed by atoms with Crippen LogP contribution >= 0.6 is 0 Å². The van der Waals surface area contributed by atoms with Crippen LogP contribution in [0.15, 0.2) is 24.4 Å². The van der Waals surface area contributed by atoms with Gasteiger partial charge in [0.05, 0.1) is 5.52 Å². The van der Waals surface area contributed by atoms with E-state index >= 15 is 0 Å². The molecule has 0 amide bonds. The van der Waals surface area contributed by atoms with Crippen LogP contribution in [0.1, 0.15) is 26.2 Å². The second-order valence-electron chi connectivity index (χ2n) is 5.09. The molecule has 1 aliphatic rings. The van der Waals surface area contributed by atoms with Crippen LogP contribution in [0, 0.1) is 5.82 Å². The maximum Gasteiger partial charge on any atom is 0.150 e. The van der Waals surface area contributed by atoms with Crippen molar-refractivity contribution in [2.24, 2.45) is 0 Å². The van der Waals surface area contributed by atoms with Gasteiger partial charge in [-0.1, -0.05) is 6.92 Å². The highest BCUT2D eigenvalue weighted by Gasteiger charge is 2.27. The summed E-state index contributed by atoms with van der Waals surface area (Å²) in [5.41, 5.74) is 7.65. The molecule has 2 N–H and O–H groups in total. The minimum atomic E-state index is -0.260. The standard InChI is InChI=1S/C15H18FN3/c1-2-10-5-4-8-19(10)15-12(16)9-13(17)11-6-3-7-18-14(11)15/h3,6-7,9-10H,2,4-5,8,17H2,1H3. The van der Waals surface area contributed by atoms with Crippen LogP contribution in [0.2, 0.25) is 0 Å². The van der Waals surface area contributed by atoms with Gasteiger partial charge in [0, 0.05) is 29.9 Å². The molecule has 2 heterocycles. The van der Waals surface area contributed by atoms with Crippen LogP contribution in [0.25, 0.3) is 10.9 Å². The first-order valence-corrected chi connectivity index (χ1v) is 6.81. The van der Waals surface area contributed by atoms with E-state index in [4.69, 9.17) is 5.73 Å². The summed E-state index contributed by atoms with van der Waals surface area (Å²) in [5, 5.41) is 0.834. The zero-order valence-electron chi connectivity index (χ0n) is 11.1. The van der Waals surface area contributed by atoms with Gasteiger partial charge in [0.25, 0.3) is 0 Å². The number of hydrogen-bond donors (Lipinski definition) is 1. The summed E-state index contributed by atoms with van der Waals surface area (Å²) < 4.78 is 14.4. The Morgan fingerprint density at radius 3 is 3.16 bits per heavy atom. The monoisotopic (exact) mass is 259 g/mol. The van der Waals surface area contributed by atoms with Crippen molar-refractivity contribution in [1.82, 2.24) is 4.98 Å². The van der Waals surface area contributed by atoms with Gasteiger partial charge < -0.3 is 10.6 Å². The average molecular weight is 259 g/mol. The molecule has 100 valence electrons. The number of nitrogens with zero attached hydrogens (tertiary/aromatic N) is 2. The first-order valence-electron chi connectivity index (χ1n) is 6.81. The number of rotatable bonds is 2. The Morgan fingerprint density at radius 1 is 1.53 bits per heavy atom.